The second-order valence-corrected chi connectivity index (χ2v) is 8.37. The van der Waals surface area contributed by atoms with E-state index in [1.165, 1.54) is 18.1 Å². The Morgan fingerprint density at radius 2 is 1.71 bits per heavy atom. The molecular formula is C28H31NO5. The molecule has 0 saturated heterocycles. The molecule has 0 aliphatic heterocycles. The number of aromatic nitrogens is 1. The van der Waals surface area contributed by atoms with E-state index >= 15 is 0 Å². The minimum atomic E-state index is -0.592. The van der Waals surface area contributed by atoms with E-state index in [1.807, 2.05) is 43.3 Å². The van der Waals surface area contributed by atoms with Crippen LogP contribution in [0.2, 0.25) is 0 Å². The molecular weight excluding hydrogens is 430 g/mol. The van der Waals surface area contributed by atoms with Crippen molar-refractivity contribution in [3.8, 4) is 17.2 Å². The Hall–Kier alpha value is -3.80. The minimum Gasteiger partial charge on any atom is -0.489 e. The maximum atomic E-state index is 12.7. The molecule has 3 rings (SSSR count). The van der Waals surface area contributed by atoms with Gasteiger partial charge in [0, 0.05) is 18.4 Å². The van der Waals surface area contributed by atoms with Crippen LogP contribution in [0.15, 0.2) is 76.6 Å². The Labute approximate surface area is 199 Å². The maximum Gasteiger partial charge on any atom is 0.308 e. The summed E-state index contributed by atoms with van der Waals surface area (Å²) in [5.74, 6) is 0.101. The lowest BCUT2D eigenvalue weighted by Crippen LogP contribution is -2.16. The molecule has 0 amide bonds. The smallest absolute Gasteiger partial charge is 0.308 e. The first-order valence-electron chi connectivity index (χ1n) is 11.3. The number of H-pyrrole nitrogens is 1. The van der Waals surface area contributed by atoms with Crippen LogP contribution in [0.3, 0.4) is 0 Å². The van der Waals surface area contributed by atoms with Gasteiger partial charge in [-0.25, -0.2) is 0 Å². The van der Waals surface area contributed by atoms with Gasteiger partial charge in [0.2, 0.25) is 5.75 Å². The summed E-state index contributed by atoms with van der Waals surface area (Å²) >= 11 is 0. The summed E-state index contributed by atoms with van der Waals surface area (Å²) < 4.78 is 17.0. The van der Waals surface area contributed by atoms with Crippen LogP contribution in [0.1, 0.15) is 46.1 Å². The van der Waals surface area contributed by atoms with E-state index in [0.29, 0.717) is 23.3 Å². The van der Waals surface area contributed by atoms with Gasteiger partial charge >= 0.3 is 5.97 Å². The Morgan fingerprint density at radius 1 is 0.941 bits per heavy atom. The van der Waals surface area contributed by atoms with Crippen molar-refractivity contribution in [2.24, 2.45) is 0 Å². The van der Waals surface area contributed by atoms with Crippen LogP contribution >= 0.6 is 0 Å². The summed E-state index contributed by atoms with van der Waals surface area (Å²) in [7, 11) is 0. The van der Waals surface area contributed by atoms with Gasteiger partial charge in [-0.15, -0.1) is 0 Å². The Bertz CT molecular complexity index is 1250. The Balaban J connectivity index is 1.85. The predicted octanol–water partition coefficient (Wildman–Crippen LogP) is 6.10. The van der Waals surface area contributed by atoms with Crippen LogP contribution in [0.25, 0.3) is 10.9 Å². The molecule has 34 heavy (non-hydrogen) atoms. The highest BCUT2D eigenvalue weighted by atomic mass is 16.6. The van der Waals surface area contributed by atoms with Crippen LogP contribution in [0, 0.1) is 0 Å². The minimum absolute atomic E-state index is 0.145. The molecule has 2 aromatic carbocycles. The van der Waals surface area contributed by atoms with E-state index in [9.17, 15) is 9.59 Å². The van der Waals surface area contributed by atoms with Crippen LogP contribution in [0.5, 0.6) is 17.2 Å². The zero-order valence-corrected chi connectivity index (χ0v) is 20.1. The molecule has 6 heteroatoms. The van der Waals surface area contributed by atoms with Crippen molar-refractivity contribution in [2.75, 3.05) is 6.61 Å². The summed E-state index contributed by atoms with van der Waals surface area (Å²) in [6.45, 7) is 8.11. The van der Waals surface area contributed by atoms with Crippen molar-refractivity contribution >= 4 is 16.9 Å². The molecule has 0 bridgehead atoms. The molecule has 1 heterocycles. The molecule has 0 aliphatic rings. The number of fused-ring (bicyclic) bond motifs is 1. The average molecular weight is 462 g/mol. The number of hydrogen-bond acceptors (Lipinski definition) is 5. The van der Waals surface area contributed by atoms with Crippen molar-refractivity contribution in [1.82, 2.24) is 4.98 Å². The second-order valence-electron chi connectivity index (χ2n) is 8.37. The number of carbonyl (C=O) groups excluding carboxylic acids is 1. The molecule has 0 aliphatic carbocycles. The first-order chi connectivity index (χ1) is 16.3. The highest BCUT2D eigenvalue weighted by molar-refractivity contribution is 5.89. The number of hydrogen-bond donors (Lipinski definition) is 1. The maximum absolute atomic E-state index is 12.7. The largest absolute Gasteiger partial charge is 0.489 e. The molecule has 0 unspecified atom stereocenters. The van der Waals surface area contributed by atoms with Crippen molar-refractivity contribution in [1.29, 1.82) is 0 Å². The lowest BCUT2D eigenvalue weighted by Gasteiger charge is -2.14. The average Bonchev–Trinajstić information content (AvgIpc) is 2.79. The number of nitrogens with one attached hydrogen (secondary N) is 1. The molecule has 3 aromatic rings. The van der Waals surface area contributed by atoms with Crippen LogP contribution in [0.4, 0.5) is 0 Å². The van der Waals surface area contributed by atoms with Crippen LogP contribution < -0.4 is 19.8 Å². The fourth-order valence-corrected chi connectivity index (χ4v) is 3.40. The molecule has 6 nitrogen and oxygen atoms in total. The van der Waals surface area contributed by atoms with Gasteiger partial charge in [0.05, 0.1) is 5.52 Å². The van der Waals surface area contributed by atoms with E-state index in [2.05, 4.69) is 24.9 Å². The third-order valence-corrected chi connectivity index (χ3v) is 5.14. The third kappa shape index (κ3) is 7.10. The van der Waals surface area contributed by atoms with Crippen molar-refractivity contribution in [3.63, 3.8) is 0 Å². The highest BCUT2D eigenvalue weighted by Gasteiger charge is 2.18. The first kappa shape index (κ1) is 24.8. The monoisotopic (exact) mass is 461 g/mol. The molecule has 0 atom stereocenters. The number of aromatic amines is 1. The Morgan fingerprint density at radius 3 is 2.41 bits per heavy atom. The number of pyridine rings is 1. The van der Waals surface area contributed by atoms with Crippen LogP contribution in [-0.2, 0) is 11.4 Å². The van der Waals surface area contributed by atoms with Gasteiger partial charge in [-0.3, -0.25) is 9.59 Å². The predicted molar refractivity (Wildman–Crippen MR) is 135 cm³/mol. The molecule has 0 radical (unpaired) electrons. The van der Waals surface area contributed by atoms with E-state index in [1.54, 1.807) is 18.2 Å². The normalized spacial score (nSPS) is 11.2. The topological polar surface area (TPSA) is 77.6 Å². The lowest BCUT2D eigenvalue weighted by molar-refractivity contribution is -0.132. The zero-order valence-electron chi connectivity index (χ0n) is 20.1. The van der Waals surface area contributed by atoms with Gasteiger partial charge < -0.3 is 19.2 Å². The fourth-order valence-electron chi connectivity index (χ4n) is 3.40. The van der Waals surface area contributed by atoms with E-state index in [0.717, 1.165) is 18.4 Å². The number of esters is 1. The van der Waals surface area contributed by atoms with E-state index in [4.69, 9.17) is 14.2 Å². The lowest BCUT2D eigenvalue weighted by atomic mass is 10.1. The number of benzene rings is 2. The van der Waals surface area contributed by atoms with Crippen molar-refractivity contribution in [2.45, 2.75) is 47.1 Å². The molecule has 0 fully saturated rings. The molecule has 178 valence electrons. The van der Waals surface area contributed by atoms with Gasteiger partial charge in [0.15, 0.2) is 5.75 Å². The van der Waals surface area contributed by atoms with Crippen molar-refractivity contribution < 1.29 is 19.0 Å². The van der Waals surface area contributed by atoms with E-state index < -0.39 is 11.5 Å². The molecule has 0 saturated carbocycles. The van der Waals surface area contributed by atoms with Gasteiger partial charge in [0.25, 0.3) is 5.56 Å². The van der Waals surface area contributed by atoms with Gasteiger partial charge in [0.1, 0.15) is 19.0 Å². The van der Waals surface area contributed by atoms with E-state index in [-0.39, 0.29) is 18.1 Å². The van der Waals surface area contributed by atoms with Gasteiger partial charge in [-0.2, -0.15) is 0 Å². The Kier molecular flexibility index (Phi) is 8.68. The summed E-state index contributed by atoms with van der Waals surface area (Å²) in [6, 6.07) is 15.2. The molecule has 1 N–H and O–H groups in total. The standard InChI is InChI=1S/C28H31NO5/c1-19(2)9-8-10-20(3)15-16-32-26-24-14-13-23(33-18-22-11-6-5-7-12-22)17-25(24)29-28(31)27(26)34-21(4)30/h5-7,9,11-15,17H,8,10,16,18H2,1-4H3,(H,29,31)/b20-15+. The van der Waals surface area contributed by atoms with Gasteiger partial charge in [-0.05, 0) is 57.4 Å². The summed E-state index contributed by atoms with van der Waals surface area (Å²) in [4.78, 5) is 27.1. The van der Waals surface area contributed by atoms with Crippen molar-refractivity contribution in [3.05, 3.63) is 87.7 Å². The van der Waals surface area contributed by atoms with Crippen LogP contribution in [-0.4, -0.2) is 17.6 Å². The zero-order chi connectivity index (χ0) is 24.5. The SMILES string of the molecule is CC(=O)Oc1c(OC/C=C(\C)CCC=C(C)C)c2ccc(OCc3ccccc3)cc2[nH]c1=O. The molecule has 0 spiro atoms. The summed E-state index contributed by atoms with van der Waals surface area (Å²) in [6.07, 6.45) is 6.05. The quantitative estimate of drug-likeness (QED) is 0.291. The third-order valence-electron chi connectivity index (χ3n) is 5.14. The number of allylic oxidation sites excluding steroid dienone is 3. The highest BCUT2D eigenvalue weighted by Crippen LogP contribution is 2.33. The summed E-state index contributed by atoms with van der Waals surface area (Å²) in [5.41, 5.74) is 3.50. The van der Waals surface area contributed by atoms with Gasteiger partial charge in [-0.1, -0.05) is 47.6 Å². The fraction of sp³-hybridized carbons (Fsp3) is 0.286. The number of rotatable bonds is 10. The number of ether oxygens (including phenoxy) is 3. The number of carbonyl (C=O) groups is 1. The first-order valence-corrected chi connectivity index (χ1v) is 11.3. The summed E-state index contributed by atoms with van der Waals surface area (Å²) in [5, 5.41) is 0.624. The second kappa shape index (κ2) is 11.9. The molecule has 1 aromatic heterocycles.